The van der Waals surface area contributed by atoms with E-state index >= 15 is 0 Å². The van der Waals surface area contributed by atoms with Crippen LogP contribution in [0.1, 0.15) is 40.5 Å². The van der Waals surface area contributed by atoms with Crippen molar-refractivity contribution < 1.29 is 32.9 Å². The minimum Gasteiger partial charge on any atom is -0.444 e. The van der Waals surface area contributed by atoms with Crippen LogP contribution in [-0.4, -0.2) is 46.4 Å². The second kappa shape index (κ2) is 11.7. The van der Waals surface area contributed by atoms with Crippen LogP contribution in [-0.2, 0) is 14.1 Å². The molecule has 0 bridgehead atoms. The molecule has 0 radical (unpaired) electrons. The molecular formula is C25H32N3O8P. The van der Waals surface area contributed by atoms with Gasteiger partial charge in [-0.05, 0) is 64.3 Å². The van der Waals surface area contributed by atoms with E-state index in [-0.39, 0.29) is 35.3 Å². The largest absolute Gasteiger partial charge is 0.513 e. The summed E-state index contributed by atoms with van der Waals surface area (Å²) in [5.41, 5.74) is -0.757. The number of carbonyl (C=O) groups is 2. The van der Waals surface area contributed by atoms with Crippen molar-refractivity contribution in [3.8, 4) is 11.5 Å². The summed E-state index contributed by atoms with van der Waals surface area (Å²) in [4.78, 5) is 37.3. The quantitative estimate of drug-likeness (QED) is 0.243. The molecule has 11 nitrogen and oxygen atoms in total. The number of amides is 1. The van der Waals surface area contributed by atoms with Crippen LogP contribution in [0.2, 0.25) is 0 Å². The van der Waals surface area contributed by atoms with Crippen molar-refractivity contribution in [3.63, 3.8) is 0 Å². The minimum atomic E-state index is -4.13. The zero-order valence-corrected chi connectivity index (χ0v) is 22.2. The van der Waals surface area contributed by atoms with Gasteiger partial charge in [-0.15, -0.1) is 0 Å². The Hall–Kier alpha value is -3.43. The average Bonchev–Trinajstić information content (AvgIpc) is 3.27. The predicted octanol–water partition coefficient (Wildman–Crippen LogP) is 5.36. The molecule has 2 aromatic rings. The Bertz CT molecular complexity index is 1150. The fourth-order valence-electron chi connectivity index (χ4n) is 3.72. The van der Waals surface area contributed by atoms with E-state index in [4.69, 9.17) is 13.8 Å². The molecule has 1 heterocycles. The van der Waals surface area contributed by atoms with Crippen molar-refractivity contribution in [1.29, 1.82) is 0 Å². The first-order chi connectivity index (χ1) is 17.3. The number of nitrogens with zero attached hydrogens (tertiary/aromatic N) is 2. The number of benzene rings is 2. The van der Waals surface area contributed by atoms with Gasteiger partial charge in [-0.25, -0.2) is 9.36 Å². The standard InChI is InChI=1S/C25H32N3O8P/c1-18(23(29)16-19-14-15-27(17-19)24(30)34-25(2,3)4)26-37(33,35-21-8-6-5-7-9-21)36-22-12-10-20(11-13-22)28(31)32/h5-13,18-19H,14-17H2,1-4H3,(H,26,33)/t18-,19+,37?/m0/s1. The molecule has 3 rings (SSSR count). The highest BCUT2D eigenvalue weighted by atomic mass is 31.2. The summed E-state index contributed by atoms with van der Waals surface area (Å²) in [5, 5.41) is 13.6. The average molecular weight is 534 g/mol. The van der Waals surface area contributed by atoms with E-state index < -0.39 is 30.4 Å². The SMILES string of the molecule is C[C@H](NP(=O)(Oc1ccccc1)Oc1ccc([N+](=O)[O-])cc1)C(=O)C[C@H]1CCN(C(=O)OC(C)(C)C)C1. The van der Waals surface area contributed by atoms with Crippen LogP contribution in [0.25, 0.3) is 0 Å². The molecule has 1 aliphatic rings. The Balaban J connectivity index is 1.66. The molecule has 1 unspecified atom stereocenters. The maximum atomic E-state index is 13.7. The number of Topliss-reactive ketones (excluding diaryl/α,β-unsaturated/α-hetero) is 1. The summed E-state index contributed by atoms with van der Waals surface area (Å²) in [6, 6.07) is 12.5. The maximum Gasteiger partial charge on any atom is 0.513 e. The lowest BCUT2D eigenvalue weighted by molar-refractivity contribution is -0.384. The third-order valence-electron chi connectivity index (χ3n) is 5.50. The number of rotatable bonds is 10. The normalized spacial score (nSPS) is 17.9. The fourth-order valence-corrected chi connectivity index (χ4v) is 5.28. The van der Waals surface area contributed by atoms with Crippen molar-refractivity contribution in [3.05, 3.63) is 64.7 Å². The molecule has 12 heteroatoms. The van der Waals surface area contributed by atoms with Gasteiger partial charge >= 0.3 is 13.8 Å². The number of ketones is 1. The van der Waals surface area contributed by atoms with Gasteiger partial charge in [0, 0.05) is 31.6 Å². The topological polar surface area (TPSA) is 137 Å². The summed E-state index contributed by atoms with van der Waals surface area (Å²) in [7, 11) is -4.13. The molecule has 1 saturated heterocycles. The minimum absolute atomic E-state index is 0.0608. The lowest BCUT2D eigenvalue weighted by Crippen LogP contribution is -2.37. The smallest absolute Gasteiger partial charge is 0.444 e. The van der Waals surface area contributed by atoms with E-state index in [0.717, 1.165) is 0 Å². The van der Waals surface area contributed by atoms with Gasteiger partial charge in [0.1, 0.15) is 22.9 Å². The monoisotopic (exact) mass is 533 g/mol. The number of hydrogen-bond acceptors (Lipinski definition) is 8. The van der Waals surface area contributed by atoms with Gasteiger partial charge in [-0.3, -0.25) is 14.9 Å². The first-order valence-electron chi connectivity index (χ1n) is 11.9. The van der Waals surface area contributed by atoms with Crippen molar-refractivity contribution in [2.24, 2.45) is 5.92 Å². The number of para-hydroxylation sites is 1. The molecule has 2 aromatic carbocycles. The number of nitro benzene ring substituents is 1. The van der Waals surface area contributed by atoms with E-state index in [9.17, 15) is 24.3 Å². The Morgan fingerprint density at radius 2 is 1.70 bits per heavy atom. The van der Waals surface area contributed by atoms with E-state index in [1.165, 1.54) is 24.3 Å². The van der Waals surface area contributed by atoms with Crippen LogP contribution in [0.4, 0.5) is 10.5 Å². The highest BCUT2D eigenvalue weighted by Gasteiger charge is 2.36. The van der Waals surface area contributed by atoms with Gasteiger partial charge in [0.05, 0.1) is 11.0 Å². The third-order valence-corrected chi connectivity index (χ3v) is 7.11. The van der Waals surface area contributed by atoms with Crippen LogP contribution in [0.5, 0.6) is 11.5 Å². The second-order valence-corrected chi connectivity index (χ2v) is 11.5. The van der Waals surface area contributed by atoms with Crippen molar-refractivity contribution >= 4 is 25.3 Å². The van der Waals surface area contributed by atoms with Crippen molar-refractivity contribution in [1.82, 2.24) is 9.99 Å². The van der Waals surface area contributed by atoms with Gasteiger partial charge in [-0.2, -0.15) is 5.09 Å². The fraction of sp³-hybridized carbons (Fsp3) is 0.440. The van der Waals surface area contributed by atoms with Gasteiger partial charge < -0.3 is 18.7 Å². The summed E-state index contributed by atoms with van der Waals surface area (Å²) >= 11 is 0. The molecule has 1 aliphatic heterocycles. The van der Waals surface area contributed by atoms with Crippen LogP contribution in [0.3, 0.4) is 0 Å². The van der Waals surface area contributed by atoms with E-state index in [2.05, 4.69) is 5.09 Å². The Morgan fingerprint density at radius 3 is 2.27 bits per heavy atom. The van der Waals surface area contributed by atoms with Crippen LogP contribution in [0, 0.1) is 16.0 Å². The number of nitro groups is 1. The highest BCUT2D eigenvalue weighted by Crippen LogP contribution is 2.45. The zero-order chi connectivity index (χ0) is 27.2. The molecule has 0 spiro atoms. The third kappa shape index (κ3) is 8.58. The van der Waals surface area contributed by atoms with Crippen molar-refractivity contribution in [2.75, 3.05) is 13.1 Å². The number of ether oxygens (including phenoxy) is 1. The van der Waals surface area contributed by atoms with Crippen LogP contribution < -0.4 is 14.1 Å². The summed E-state index contributed by atoms with van der Waals surface area (Å²) < 4.78 is 30.3. The molecule has 200 valence electrons. The van der Waals surface area contributed by atoms with Crippen LogP contribution in [0.15, 0.2) is 54.6 Å². The zero-order valence-electron chi connectivity index (χ0n) is 21.3. The van der Waals surface area contributed by atoms with E-state index in [0.29, 0.717) is 19.5 Å². The molecular weight excluding hydrogens is 501 g/mol. The Labute approximate surface area is 215 Å². The first kappa shape index (κ1) is 28.1. The predicted molar refractivity (Wildman–Crippen MR) is 137 cm³/mol. The summed E-state index contributed by atoms with van der Waals surface area (Å²) in [6.45, 7) is 7.83. The first-order valence-corrected chi connectivity index (χ1v) is 13.4. The summed E-state index contributed by atoms with van der Waals surface area (Å²) in [6.07, 6.45) is 0.400. The van der Waals surface area contributed by atoms with Gasteiger partial charge in [0.2, 0.25) is 0 Å². The number of non-ortho nitro benzene ring substituents is 1. The van der Waals surface area contributed by atoms with Gasteiger partial charge in [0.25, 0.3) is 5.69 Å². The molecule has 0 saturated carbocycles. The molecule has 3 atom stereocenters. The summed E-state index contributed by atoms with van der Waals surface area (Å²) in [5.74, 6) is 0.0407. The number of carbonyl (C=O) groups excluding carboxylic acids is 2. The number of hydrogen-bond donors (Lipinski definition) is 1. The van der Waals surface area contributed by atoms with Crippen molar-refractivity contribution in [2.45, 2.75) is 52.2 Å². The molecule has 1 N–H and O–H groups in total. The lowest BCUT2D eigenvalue weighted by atomic mass is 9.99. The Morgan fingerprint density at radius 1 is 1.11 bits per heavy atom. The van der Waals surface area contributed by atoms with Gasteiger partial charge in [0.15, 0.2) is 0 Å². The number of likely N-dealkylation sites (tertiary alicyclic amines) is 1. The van der Waals surface area contributed by atoms with E-state index in [1.807, 2.05) is 0 Å². The number of nitrogens with one attached hydrogen (secondary N) is 1. The molecule has 37 heavy (non-hydrogen) atoms. The molecule has 0 aromatic heterocycles. The van der Waals surface area contributed by atoms with Gasteiger partial charge in [-0.1, -0.05) is 18.2 Å². The molecule has 1 amide bonds. The second-order valence-electron chi connectivity index (χ2n) is 9.85. The Kier molecular flexibility index (Phi) is 8.94. The highest BCUT2D eigenvalue weighted by molar-refractivity contribution is 7.52. The molecule has 1 fully saturated rings. The maximum absolute atomic E-state index is 13.7. The molecule has 0 aliphatic carbocycles. The lowest BCUT2D eigenvalue weighted by Gasteiger charge is -2.25. The van der Waals surface area contributed by atoms with Crippen LogP contribution >= 0.6 is 7.75 Å². The van der Waals surface area contributed by atoms with E-state index in [1.54, 1.807) is 62.9 Å².